The molecule has 64 valence electrons. The van der Waals surface area contributed by atoms with Gasteiger partial charge in [0.1, 0.15) is 0 Å². The van der Waals surface area contributed by atoms with Crippen molar-refractivity contribution in [1.29, 1.82) is 0 Å². The van der Waals surface area contributed by atoms with E-state index in [1.54, 1.807) is 6.92 Å². The predicted molar refractivity (Wildman–Crippen MR) is 49.1 cm³/mol. The van der Waals surface area contributed by atoms with Crippen LogP contribution in [0.2, 0.25) is 19.6 Å². The number of hydrogen-bond acceptors (Lipinski definition) is 2. The molecule has 0 N–H and O–H groups in total. The molecule has 0 aromatic heterocycles. The second-order valence-electron chi connectivity index (χ2n) is 3.45. The van der Waals surface area contributed by atoms with Crippen molar-refractivity contribution in [3.05, 3.63) is 11.8 Å². The van der Waals surface area contributed by atoms with E-state index in [1.807, 2.05) is 0 Å². The van der Waals surface area contributed by atoms with Crippen molar-refractivity contribution in [3.63, 3.8) is 0 Å². The van der Waals surface area contributed by atoms with Gasteiger partial charge in [-0.1, -0.05) is 26.2 Å². The molecule has 0 bridgehead atoms. The molecular weight excluding hydrogens is 156 g/mol. The number of carbonyl (C=O) groups is 1. The fourth-order valence-corrected chi connectivity index (χ4v) is 1.21. The molecule has 0 heterocycles. The van der Waals surface area contributed by atoms with Crippen molar-refractivity contribution in [3.8, 4) is 0 Å². The predicted octanol–water partition coefficient (Wildman–Crippen LogP) is 1.98. The molecule has 0 aliphatic rings. The van der Waals surface area contributed by atoms with E-state index < -0.39 is 8.07 Å². The Morgan fingerprint density at radius 3 is 2.18 bits per heavy atom. The SMILES string of the molecule is C=C(C(=O)OCC)[Si](C)(C)C. The monoisotopic (exact) mass is 172 g/mol. The summed E-state index contributed by atoms with van der Waals surface area (Å²) in [4.78, 5) is 11.1. The zero-order valence-corrected chi connectivity index (χ0v) is 8.73. The topological polar surface area (TPSA) is 26.3 Å². The lowest BCUT2D eigenvalue weighted by atomic mass is 10.6. The van der Waals surface area contributed by atoms with Crippen LogP contribution in [0.1, 0.15) is 6.92 Å². The van der Waals surface area contributed by atoms with E-state index in [2.05, 4.69) is 26.2 Å². The third kappa shape index (κ3) is 3.37. The molecule has 0 rings (SSSR count). The Labute approximate surface area is 69.3 Å². The lowest BCUT2D eigenvalue weighted by Gasteiger charge is -2.17. The molecule has 0 fully saturated rings. The number of hydrogen-bond donors (Lipinski definition) is 0. The van der Waals surface area contributed by atoms with Crippen molar-refractivity contribution in [2.24, 2.45) is 0 Å². The first-order valence-corrected chi connectivity index (χ1v) is 7.26. The summed E-state index contributed by atoms with van der Waals surface area (Å²) in [6, 6.07) is 0. The van der Waals surface area contributed by atoms with E-state index in [1.165, 1.54) is 0 Å². The molecule has 0 aromatic rings. The first-order valence-electron chi connectivity index (χ1n) is 3.76. The van der Waals surface area contributed by atoms with Gasteiger partial charge in [-0.25, -0.2) is 4.79 Å². The summed E-state index contributed by atoms with van der Waals surface area (Å²) in [5.41, 5.74) is 0. The van der Waals surface area contributed by atoms with Gasteiger partial charge in [0.05, 0.1) is 14.7 Å². The molecule has 0 aliphatic carbocycles. The zero-order chi connectivity index (χ0) is 9.07. The Kier molecular flexibility index (Phi) is 3.52. The smallest absolute Gasteiger partial charge is 0.329 e. The van der Waals surface area contributed by atoms with Crippen molar-refractivity contribution in [2.75, 3.05) is 6.61 Å². The van der Waals surface area contributed by atoms with Gasteiger partial charge in [-0.15, -0.1) is 0 Å². The summed E-state index contributed by atoms with van der Waals surface area (Å²) in [5.74, 6) is -0.230. The summed E-state index contributed by atoms with van der Waals surface area (Å²) in [7, 11) is -1.53. The van der Waals surface area contributed by atoms with Crippen LogP contribution in [0.25, 0.3) is 0 Å². The standard InChI is InChI=1S/C8H16O2Si/c1-6-10-8(9)7(2)11(3,4)5/h2,6H2,1,3-5H3. The van der Waals surface area contributed by atoms with Crippen molar-refractivity contribution in [1.82, 2.24) is 0 Å². The highest BCUT2D eigenvalue weighted by Gasteiger charge is 2.24. The van der Waals surface area contributed by atoms with Crippen LogP contribution < -0.4 is 0 Å². The summed E-state index contributed by atoms with van der Waals surface area (Å²) in [6.45, 7) is 12.2. The summed E-state index contributed by atoms with van der Waals surface area (Å²) >= 11 is 0. The molecule has 0 unspecified atom stereocenters. The van der Waals surface area contributed by atoms with Crippen LogP contribution in [0.4, 0.5) is 0 Å². The first-order chi connectivity index (χ1) is 4.89. The van der Waals surface area contributed by atoms with Gasteiger partial charge >= 0.3 is 5.97 Å². The fourth-order valence-electron chi connectivity index (χ4n) is 0.524. The molecule has 0 amide bonds. The van der Waals surface area contributed by atoms with Gasteiger partial charge in [0.25, 0.3) is 0 Å². The number of carbonyl (C=O) groups excluding carboxylic acids is 1. The van der Waals surface area contributed by atoms with E-state index >= 15 is 0 Å². The highest BCUT2D eigenvalue weighted by molar-refractivity contribution is 6.86. The molecule has 2 nitrogen and oxygen atoms in total. The molecule has 0 saturated heterocycles. The lowest BCUT2D eigenvalue weighted by Crippen LogP contribution is -2.29. The molecule has 0 radical (unpaired) electrons. The lowest BCUT2D eigenvalue weighted by molar-refractivity contribution is -0.137. The van der Waals surface area contributed by atoms with Crippen molar-refractivity contribution in [2.45, 2.75) is 26.6 Å². The molecular formula is C8H16O2Si. The second kappa shape index (κ2) is 3.71. The molecule has 0 atom stereocenters. The quantitative estimate of drug-likeness (QED) is 0.370. The van der Waals surface area contributed by atoms with Gasteiger partial charge in [-0.2, -0.15) is 0 Å². The highest BCUT2D eigenvalue weighted by atomic mass is 28.3. The third-order valence-corrected chi connectivity index (χ3v) is 3.44. The molecule has 0 aromatic carbocycles. The number of ether oxygens (including phenoxy) is 1. The molecule has 0 saturated carbocycles. The van der Waals surface area contributed by atoms with Crippen LogP contribution in [0.3, 0.4) is 0 Å². The maximum atomic E-state index is 11.1. The van der Waals surface area contributed by atoms with Crippen molar-refractivity contribution >= 4 is 14.0 Å². The largest absolute Gasteiger partial charge is 0.463 e. The average molecular weight is 172 g/mol. The minimum Gasteiger partial charge on any atom is -0.463 e. The summed E-state index contributed by atoms with van der Waals surface area (Å²) in [5, 5.41) is 0.666. The average Bonchev–Trinajstić information content (AvgIpc) is 1.85. The van der Waals surface area contributed by atoms with Crippen LogP contribution in [0.15, 0.2) is 11.8 Å². The first kappa shape index (κ1) is 10.4. The van der Waals surface area contributed by atoms with Gasteiger partial charge in [0.2, 0.25) is 0 Å². The van der Waals surface area contributed by atoms with E-state index in [9.17, 15) is 4.79 Å². The van der Waals surface area contributed by atoms with E-state index in [0.717, 1.165) is 0 Å². The Balaban J connectivity index is 4.15. The van der Waals surface area contributed by atoms with Crippen LogP contribution in [0.5, 0.6) is 0 Å². The van der Waals surface area contributed by atoms with Crippen LogP contribution >= 0.6 is 0 Å². The minimum atomic E-state index is -1.53. The second-order valence-corrected chi connectivity index (χ2v) is 8.55. The maximum Gasteiger partial charge on any atom is 0.329 e. The fraction of sp³-hybridized carbons (Fsp3) is 0.625. The summed E-state index contributed by atoms with van der Waals surface area (Å²) < 4.78 is 4.83. The minimum absolute atomic E-state index is 0.230. The van der Waals surface area contributed by atoms with Crippen LogP contribution in [0, 0.1) is 0 Å². The van der Waals surface area contributed by atoms with Crippen LogP contribution in [-0.2, 0) is 9.53 Å². The third-order valence-electron chi connectivity index (χ3n) is 1.43. The Morgan fingerprint density at radius 1 is 1.45 bits per heavy atom. The van der Waals surface area contributed by atoms with Gasteiger partial charge in [0.15, 0.2) is 0 Å². The van der Waals surface area contributed by atoms with E-state index in [0.29, 0.717) is 11.8 Å². The summed E-state index contributed by atoms with van der Waals surface area (Å²) in [6.07, 6.45) is 0. The van der Waals surface area contributed by atoms with Gasteiger partial charge < -0.3 is 4.74 Å². The Morgan fingerprint density at radius 2 is 1.91 bits per heavy atom. The van der Waals surface area contributed by atoms with Crippen LogP contribution in [-0.4, -0.2) is 20.7 Å². The highest BCUT2D eigenvalue weighted by Crippen LogP contribution is 2.13. The number of rotatable bonds is 3. The van der Waals surface area contributed by atoms with Gasteiger partial charge in [0, 0.05) is 5.20 Å². The van der Waals surface area contributed by atoms with Gasteiger partial charge in [-0.05, 0) is 6.92 Å². The van der Waals surface area contributed by atoms with Gasteiger partial charge in [-0.3, -0.25) is 0 Å². The molecule has 11 heavy (non-hydrogen) atoms. The molecule has 0 spiro atoms. The van der Waals surface area contributed by atoms with E-state index in [-0.39, 0.29) is 5.97 Å². The Bertz CT molecular complexity index is 167. The normalized spacial score (nSPS) is 10.9. The van der Waals surface area contributed by atoms with E-state index in [4.69, 9.17) is 4.74 Å². The molecule has 3 heteroatoms. The zero-order valence-electron chi connectivity index (χ0n) is 7.73. The van der Waals surface area contributed by atoms with Crippen molar-refractivity contribution < 1.29 is 9.53 Å². The number of esters is 1. The Hall–Kier alpha value is -0.573. The molecule has 0 aliphatic heterocycles. The maximum absolute atomic E-state index is 11.1.